The van der Waals surface area contributed by atoms with E-state index in [1.165, 1.54) is 16.8 Å². The van der Waals surface area contributed by atoms with E-state index in [1.54, 1.807) is 31.4 Å². The zero-order valence-corrected chi connectivity index (χ0v) is 19.9. The first-order valence-electron chi connectivity index (χ1n) is 11.1. The Hall–Kier alpha value is -3.59. The van der Waals surface area contributed by atoms with Gasteiger partial charge in [-0.1, -0.05) is 37.6 Å². The number of aliphatic imine (C=N–C) groups is 1. The van der Waals surface area contributed by atoms with Gasteiger partial charge < -0.3 is 14.2 Å². The number of nitrogens with zero attached hydrogens (tertiary/aromatic N) is 3. The summed E-state index contributed by atoms with van der Waals surface area (Å²) in [5.41, 5.74) is 0.871. The Labute approximate surface area is 202 Å². The first-order chi connectivity index (χ1) is 16.6. The van der Waals surface area contributed by atoms with Gasteiger partial charge in [-0.05, 0) is 60.5 Å². The summed E-state index contributed by atoms with van der Waals surface area (Å²) in [7, 11) is 1.55. The van der Waals surface area contributed by atoms with Gasteiger partial charge in [-0.3, -0.25) is 10.2 Å². The third kappa shape index (κ3) is 5.48. The molecule has 34 heavy (non-hydrogen) atoms. The Balaban J connectivity index is 1.44. The average molecular weight is 479 g/mol. The zero-order valence-electron chi connectivity index (χ0n) is 19.1. The van der Waals surface area contributed by atoms with Crippen molar-refractivity contribution in [2.75, 3.05) is 20.3 Å². The number of carbonyl (C=O) groups is 1. The van der Waals surface area contributed by atoms with Gasteiger partial charge in [-0.15, -0.1) is 0 Å². The van der Waals surface area contributed by atoms with Crippen LogP contribution in [0.1, 0.15) is 31.7 Å². The standard InChI is InChI=1S/C25H26N4O4S/c1-3-4-10-22-28-29-23(26)19(24(30)27-25(29)34-22)15-17-11-12-20(21(16-17)31-2)33-14-13-32-18-8-6-5-7-9-18/h5-9,11-12,15-16,26H,3-4,10,13-14H2,1-2H3. The van der Waals surface area contributed by atoms with Crippen LogP contribution in [0.3, 0.4) is 0 Å². The largest absolute Gasteiger partial charge is 0.493 e. The molecule has 2 aliphatic rings. The van der Waals surface area contributed by atoms with Gasteiger partial charge in [-0.2, -0.15) is 15.1 Å². The molecule has 4 rings (SSSR count). The van der Waals surface area contributed by atoms with Crippen molar-refractivity contribution in [1.82, 2.24) is 5.01 Å². The number of hydrogen-bond donors (Lipinski definition) is 1. The molecule has 2 aromatic carbocycles. The number of unbranched alkanes of at least 4 members (excludes halogenated alkanes) is 1. The molecule has 0 aromatic heterocycles. The van der Waals surface area contributed by atoms with Crippen molar-refractivity contribution in [3.05, 3.63) is 59.7 Å². The highest BCUT2D eigenvalue weighted by molar-refractivity contribution is 8.26. The number of methoxy groups -OCH3 is 1. The average Bonchev–Trinajstić information content (AvgIpc) is 3.27. The molecule has 8 nitrogen and oxygen atoms in total. The van der Waals surface area contributed by atoms with Crippen molar-refractivity contribution in [2.24, 2.45) is 10.1 Å². The van der Waals surface area contributed by atoms with Crippen molar-refractivity contribution < 1.29 is 19.0 Å². The first-order valence-corrected chi connectivity index (χ1v) is 11.9. The highest BCUT2D eigenvalue weighted by atomic mass is 32.2. The van der Waals surface area contributed by atoms with Gasteiger partial charge in [0.1, 0.15) is 24.0 Å². The molecule has 0 bridgehead atoms. The van der Waals surface area contributed by atoms with Gasteiger partial charge in [0, 0.05) is 0 Å². The van der Waals surface area contributed by atoms with E-state index in [0.29, 0.717) is 35.4 Å². The first kappa shape index (κ1) is 23.6. The molecular formula is C25H26N4O4S. The Morgan fingerprint density at radius 1 is 1.09 bits per heavy atom. The molecule has 0 saturated carbocycles. The molecule has 0 spiro atoms. The number of hydrazone groups is 1. The summed E-state index contributed by atoms with van der Waals surface area (Å²) in [6.07, 6.45) is 4.49. The van der Waals surface area contributed by atoms with Crippen LogP contribution in [0.15, 0.2) is 64.2 Å². The monoisotopic (exact) mass is 478 g/mol. The Morgan fingerprint density at radius 2 is 1.88 bits per heavy atom. The molecule has 2 aliphatic heterocycles. The summed E-state index contributed by atoms with van der Waals surface area (Å²) in [5.74, 6) is 1.43. The number of nitrogens with one attached hydrogen (secondary N) is 1. The minimum absolute atomic E-state index is 0.0198. The molecule has 0 aliphatic carbocycles. The predicted octanol–water partition coefficient (Wildman–Crippen LogP) is 4.96. The predicted molar refractivity (Wildman–Crippen MR) is 135 cm³/mol. The summed E-state index contributed by atoms with van der Waals surface area (Å²) in [6.45, 7) is 2.84. The minimum Gasteiger partial charge on any atom is -0.493 e. The fourth-order valence-electron chi connectivity index (χ4n) is 3.35. The summed E-state index contributed by atoms with van der Waals surface area (Å²) in [5, 5.41) is 15.7. The van der Waals surface area contributed by atoms with E-state index in [1.807, 2.05) is 30.3 Å². The molecular weight excluding hydrogens is 452 g/mol. The van der Waals surface area contributed by atoms with Crippen molar-refractivity contribution in [2.45, 2.75) is 26.2 Å². The SMILES string of the molecule is CCCCC1=NN2C(=N)C(=Cc3ccc(OCCOc4ccccc4)c(OC)c3)C(=O)N=C2S1. The lowest BCUT2D eigenvalue weighted by Gasteiger charge is -2.20. The Kier molecular flexibility index (Phi) is 7.64. The number of carbonyl (C=O) groups excluding carboxylic acids is 1. The lowest BCUT2D eigenvalue weighted by atomic mass is 10.1. The second-order valence-electron chi connectivity index (χ2n) is 7.54. The number of benzene rings is 2. The van der Waals surface area contributed by atoms with E-state index < -0.39 is 5.91 Å². The van der Waals surface area contributed by atoms with E-state index in [-0.39, 0.29) is 11.4 Å². The number of thioether (sulfide) groups is 1. The third-order valence-electron chi connectivity index (χ3n) is 5.09. The van der Waals surface area contributed by atoms with Gasteiger partial charge >= 0.3 is 0 Å². The number of amidine groups is 2. The zero-order chi connectivity index (χ0) is 23.9. The summed E-state index contributed by atoms with van der Waals surface area (Å²) < 4.78 is 16.9. The van der Waals surface area contributed by atoms with E-state index in [9.17, 15) is 4.79 Å². The number of fused-ring (bicyclic) bond motifs is 1. The highest BCUT2D eigenvalue weighted by Crippen LogP contribution is 2.32. The molecule has 9 heteroatoms. The van der Waals surface area contributed by atoms with Crippen LogP contribution in [0.5, 0.6) is 17.2 Å². The number of ether oxygens (including phenoxy) is 3. The second-order valence-corrected chi connectivity index (χ2v) is 8.58. The lowest BCUT2D eigenvalue weighted by molar-refractivity contribution is -0.114. The van der Waals surface area contributed by atoms with Crippen molar-refractivity contribution in [3.8, 4) is 17.2 Å². The van der Waals surface area contributed by atoms with Crippen molar-refractivity contribution in [3.63, 3.8) is 0 Å². The van der Waals surface area contributed by atoms with Crippen LogP contribution < -0.4 is 14.2 Å². The lowest BCUT2D eigenvalue weighted by Crippen LogP contribution is -2.35. The van der Waals surface area contributed by atoms with Crippen molar-refractivity contribution >= 4 is 39.8 Å². The summed E-state index contributed by atoms with van der Waals surface area (Å²) >= 11 is 1.36. The smallest absolute Gasteiger partial charge is 0.283 e. The van der Waals surface area contributed by atoms with Gasteiger partial charge in [0.15, 0.2) is 17.3 Å². The molecule has 1 amide bonds. The van der Waals surface area contributed by atoms with Crippen LogP contribution in [0.25, 0.3) is 6.08 Å². The van der Waals surface area contributed by atoms with Gasteiger partial charge in [0.25, 0.3) is 5.91 Å². The Morgan fingerprint density at radius 3 is 2.65 bits per heavy atom. The molecule has 1 N–H and O–H groups in total. The van der Waals surface area contributed by atoms with E-state index in [4.69, 9.17) is 19.6 Å². The van der Waals surface area contributed by atoms with Crippen LogP contribution in [0, 0.1) is 5.41 Å². The Bertz CT molecular complexity index is 1160. The highest BCUT2D eigenvalue weighted by Gasteiger charge is 2.35. The van der Waals surface area contributed by atoms with Gasteiger partial charge in [0.2, 0.25) is 5.17 Å². The number of rotatable bonds is 10. The van der Waals surface area contributed by atoms with E-state index in [2.05, 4.69) is 17.0 Å². The molecule has 2 aromatic rings. The molecule has 0 fully saturated rings. The summed E-state index contributed by atoms with van der Waals surface area (Å²) in [6, 6.07) is 14.9. The summed E-state index contributed by atoms with van der Waals surface area (Å²) in [4.78, 5) is 16.8. The van der Waals surface area contributed by atoms with Gasteiger partial charge in [-0.25, -0.2) is 0 Å². The van der Waals surface area contributed by atoms with Crippen LogP contribution in [-0.4, -0.2) is 47.3 Å². The normalized spacial score (nSPS) is 16.3. The molecule has 176 valence electrons. The third-order valence-corrected chi connectivity index (χ3v) is 6.06. The molecule has 0 saturated heterocycles. The minimum atomic E-state index is -0.451. The quantitative estimate of drug-likeness (QED) is 0.383. The fourth-order valence-corrected chi connectivity index (χ4v) is 4.28. The van der Waals surface area contributed by atoms with E-state index >= 15 is 0 Å². The van der Waals surface area contributed by atoms with Crippen molar-refractivity contribution in [1.29, 1.82) is 5.41 Å². The molecule has 0 unspecified atom stereocenters. The molecule has 0 atom stereocenters. The maximum atomic E-state index is 12.6. The van der Waals surface area contributed by atoms with E-state index in [0.717, 1.165) is 30.1 Å². The number of para-hydroxylation sites is 1. The number of hydrogen-bond acceptors (Lipinski definition) is 7. The van der Waals surface area contributed by atoms with Crippen LogP contribution in [0.4, 0.5) is 0 Å². The second kappa shape index (κ2) is 11.0. The fraction of sp³-hybridized carbons (Fsp3) is 0.280. The molecule has 2 heterocycles. The van der Waals surface area contributed by atoms with Crippen LogP contribution in [-0.2, 0) is 4.79 Å². The maximum absolute atomic E-state index is 12.6. The van der Waals surface area contributed by atoms with Crippen LogP contribution >= 0.6 is 11.8 Å². The number of amides is 1. The topological polar surface area (TPSA) is 96.6 Å². The molecule has 0 radical (unpaired) electrons. The maximum Gasteiger partial charge on any atom is 0.283 e. The van der Waals surface area contributed by atoms with Crippen LogP contribution in [0.2, 0.25) is 0 Å². The van der Waals surface area contributed by atoms with Gasteiger partial charge in [0.05, 0.1) is 12.7 Å².